The monoisotopic (exact) mass is 411 g/mol. The van der Waals surface area contributed by atoms with Crippen molar-refractivity contribution in [2.45, 2.75) is 24.6 Å². The van der Waals surface area contributed by atoms with Crippen molar-refractivity contribution in [1.82, 2.24) is 4.90 Å². The third kappa shape index (κ3) is 7.08. The van der Waals surface area contributed by atoms with Gasteiger partial charge in [0.05, 0.1) is 26.4 Å². The molecular weight excluding hydrogens is 386 g/mol. The number of hydrogen-bond acceptors (Lipinski definition) is 6. The van der Waals surface area contributed by atoms with E-state index in [9.17, 15) is 22.7 Å². The van der Waals surface area contributed by atoms with Crippen LogP contribution in [-0.4, -0.2) is 87.7 Å². The van der Waals surface area contributed by atoms with Gasteiger partial charge < -0.3 is 24.1 Å². The highest BCUT2D eigenvalue weighted by Crippen LogP contribution is 2.26. The minimum atomic E-state index is -4.22. The van der Waals surface area contributed by atoms with Crippen LogP contribution in [-0.2, 0) is 9.47 Å². The van der Waals surface area contributed by atoms with Crippen molar-refractivity contribution in [3.8, 4) is 11.5 Å². The molecule has 6 nitrogen and oxygen atoms in total. The van der Waals surface area contributed by atoms with Gasteiger partial charge in [-0.15, -0.1) is 0 Å². The molecule has 0 bridgehead atoms. The Morgan fingerprint density at radius 2 is 2.00 bits per heavy atom. The second-order valence-electron chi connectivity index (χ2n) is 6.44. The zero-order valence-electron chi connectivity index (χ0n) is 15.5. The van der Waals surface area contributed by atoms with Crippen LogP contribution >= 0.6 is 0 Å². The van der Waals surface area contributed by atoms with Crippen molar-refractivity contribution in [1.29, 1.82) is 0 Å². The van der Waals surface area contributed by atoms with Crippen LogP contribution in [0.15, 0.2) is 24.3 Å². The number of hydrogen-bond donors (Lipinski definition) is 1. The number of halogens is 4. The maximum atomic E-state index is 12.8. The van der Waals surface area contributed by atoms with Crippen LogP contribution in [0.5, 0.6) is 11.5 Å². The van der Waals surface area contributed by atoms with E-state index in [-0.39, 0.29) is 19.3 Å². The largest absolute Gasteiger partial charge is 0.493 e. The van der Waals surface area contributed by atoms with Crippen molar-refractivity contribution in [3.05, 3.63) is 24.3 Å². The summed E-state index contributed by atoms with van der Waals surface area (Å²) < 4.78 is 70.8. The molecule has 1 saturated heterocycles. The molecule has 0 unspecified atom stereocenters. The number of alkyl halides is 4. The first kappa shape index (κ1) is 22.7. The third-order valence-electron chi connectivity index (χ3n) is 4.11. The Balaban J connectivity index is 1.72. The highest BCUT2D eigenvalue weighted by molar-refractivity contribution is 5.39. The number of morpholine rings is 1. The molecule has 1 aromatic rings. The standard InChI is InChI=1S/C18H25F4NO5/c1-25-15-4-2-3-5-16(15)28-11-14-9-23(6-7-27-14)8-13(24)10-26-12-18(21,22)17(19)20/h2-5,13-14,17,24H,6-12H2,1H3/t13-,14-/m1/s1. The zero-order valence-corrected chi connectivity index (χ0v) is 15.5. The van der Waals surface area contributed by atoms with Crippen LogP contribution in [0.4, 0.5) is 17.6 Å². The molecule has 0 aliphatic carbocycles. The van der Waals surface area contributed by atoms with Crippen molar-refractivity contribution in [2.75, 3.05) is 53.2 Å². The smallest absolute Gasteiger partial charge is 0.330 e. The Morgan fingerprint density at radius 1 is 1.29 bits per heavy atom. The zero-order chi connectivity index (χ0) is 20.6. The van der Waals surface area contributed by atoms with Crippen LogP contribution < -0.4 is 9.47 Å². The highest BCUT2D eigenvalue weighted by atomic mass is 19.3. The molecule has 0 aromatic heterocycles. The van der Waals surface area contributed by atoms with E-state index >= 15 is 0 Å². The molecule has 0 amide bonds. The second kappa shape index (κ2) is 10.8. The lowest BCUT2D eigenvalue weighted by molar-refractivity contribution is -0.171. The molecule has 1 heterocycles. The SMILES string of the molecule is COc1ccccc1OC[C@H]1CN(C[C@@H](O)COCC(F)(F)C(F)F)CCO1. The Kier molecular flexibility index (Phi) is 8.74. The number of benzene rings is 1. The van der Waals surface area contributed by atoms with Gasteiger partial charge in [-0.05, 0) is 12.1 Å². The summed E-state index contributed by atoms with van der Waals surface area (Å²) in [6, 6.07) is 7.19. The topological polar surface area (TPSA) is 60.4 Å². The molecule has 1 aromatic carbocycles. The first-order chi connectivity index (χ1) is 13.3. The molecule has 0 radical (unpaired) electrons. The van der Waals surface area contributed by atoms with Crippen LogP contribution in [0, 0.1) is 0 Å². The van der Waals surface area contributed by atoms with Gasteiger partial charge in [0.25, 0.3) is 0 Å². The van der Waals surface area contributed by atoms with E-state index in [2.05, 4.69) is 4.74 Å². The van der Waals surface area contributed by atoms with Crippen LogP contribution in [0.3, 0.4) is 0 Å². The van der Waals surface area contributed by atoms with Gasteiger partial charge in [0.2, 0.25) is 0 Å². The van der Waals surface area contributed by atoms with Crippen LogP contribution in [0.25, 0.3) is 0 Å². The number of β-amino-alcohol motifs (C(OH)–C–C–N with tert-alkyl or cyclic N) is 1. The van der Waals surface area contributed by atoms with Crippen LogP contribution in [0.1, 0.15) is 0 Å². The lowest BCUT2D eigenvalue weighted by atomic mass is 10.2. The lowest BCUT2D eigenvalue weighted by Crippen LogP contribution is -2.48. The van der Waals surface area contributed by atoms with Gasteiger partial charge in [0, 0.05) is 19.6 Å². The fraction of sp³-hybridized carbons (Fsp3) is 0.667. The molecular formula is C18H25F4NO5. The summed E-state index contributed by atoms with van der Waals surface area (Å²) in [6.45, 7) is -0.0626. The number of rotatable bonds is 11. The highest BCUT2D eigenvalue weighted by Gasteiger charge is 2.41. The van der Waals surface area contributed by atoms with Gasteiger partial charge in [-0.3, -0.25) is 4.90 Å². The Labute approximate surface area is 160 Å². The quantitative estimate of drug-likeness (QED) is 0.563. The summed E-state index contributed by atoms with van der Waals surface area (Å²) in [6.07, 6.45) is -5.13. The lowest BCUT2D eigenvalue weighted by Gasteiger charge is -2.34. The average molecular weight is 411 g/mol. The van der Waals surface area contributed by atoms with Gasteiger partial charge in [-0.25, -0.2) is 8.78 Å². The van der Waals surface area contributed by atoms with Gasteiger partial charge in [0.1, 0.15) is 19.3 Å². The van der Waals surface area contributed by atoms with E-state index in [1.54, 1.807) is 19.2 Å². The number of aliphatic hydroxyl groups is 1. The summed E-state index contributed by atoms with van der Waals surface area (Å²) >= 11 is 0. The maximum Gasteiger partial charge on any atom is 0.330 e. The first-order valence-electron chi connectivity index (χ1n) is 8.83. The molecule has 1 N–H and O–H groups in total. The number of ether oxygens (including phenoxy) is 4. The van der Waals surface area contributed by atoms with E-state index in [1.807, 2.05) is 17.0 Å². The van der Waals surface area contributed by atoms with E-state index in [0.29, 0.717) is 31.2 Å². The van der Waals surface area contributed by atoms with E-state index in [0.717, 1.165) is 0 Å². The van der Waals surface area contributed by atoms with Crippen molar-refractivity contribution < 1.29 is 41.6 Å². The first-order valence-corrected chi connectivity index (χ1v) is 8.83. The summed E-state index contributed by atoms with van der Waals surface area (Å²) in [5.41, 5.74) is 0. The van der Waals surface area contributed by atoms with Gasteiger partial charge in [-0.2, -0.15) is 8.78 Å². The van der Waals surface area contributed by atoms with Gasteiger partial charge in [0.15, 0.2) is 11.5 Å². The van der Waals surface area contributed by atoms with Crippen molar-refractivity contribution in [3.63, 3.8) is 0 Å². The normalized spacial score (nSPS) is 19.6. The molecule has 10 heteroatoms. The minimum Gasteiger partial charge on any atom is -0.493 e. The minimum absolute atomic E-state index is 0.148. The summed E-state index contributed by atoms with van der Waals surface area (Å²) in [4.78, 5) is 1.87. The summed E-state index contributed by atoms with van der Waals surface area (Å²) in [5.74, 6) is -3.04. The molecule has 0 saturated carbocycles. The second-order valence-corrected chi connectivity index (χ2v) is 6.44. The van der Waals surface area contributed by atoms with Crippen molar-refractivity contribution >= 4 is 0 Å². The number of methoxy groups -OCH3 is 1. The molecule has 1 aliphatic rings. The third-order valence-corrected chi connectivity index (χ3v) is 4.11. The van der Waals surface area contributed by atoms with E-state index in [4.69, 9.17) is 14.2 Å². The maximum absolute atomic E-state index is 12.8. The number of para-hydroxylation sites is 2. The molecule has 2 atom stereocenters. The predicted octanol–water partition coefficient (Wildman–Crippen LogP) is 2.05. The van der Waals surface area contributed by atoms with Crippen molar-refractivity contribution in [2.24, 2.45) is 0 Å². The summed E-state index contributed by atoms with van der Waals surface area (Å²) in [7, 11) is 1.54. The number of nitrogens with zero attached hydrogens (tertiary/aromatic N) is 1. The molecule has 28 heavy (non-hydrogen) atoms. The molecule has 160 valence electrons. The van der Waals surface area contributed by atoms with Gasteiger partial charge in [-0.1, -0.05) is 12.1 Å². The molecule has 1 aliphatic heterocycles. The Bertz CT molecular complexity index is 593. The van der Waals surface area contributed by atoms with E-state index < -0.39 is 31.7 Å². The van der Waals surface area contributed by atoms with E-state index in [1.165, 1.54) is 0 Å². The fourth-order valence-electron chi connectivity index (χ4n) is 2.71. The molecule has 2 rings (SSSR count). The fourth-order valence-corrected chi connectivity index (χ4v) is 2.71. The number of aliphatic hydroxyl groups excluding tert-OH is 1. The van der Waals surface area contributed by atoms with Gasteiger partial charge >= 0.3 is 12.3 Å². The average Bonchev–Trinajstić information content (AvgIpc) is 2.66. The molecule has 1 fully saturated rings. The Morgan fingerprint density at radius 3 is 2.68 bits per heavy atom. The molecule has 0 spiro atoms. The predicted molar refractivity (Wildman–Crippen MR) is 92.4 cm³/mol. The van der Waals surface area contributed by atoms with Crippen LogP contribution in [0.2, 0.25) is 0 Å². The Hall–Kier alpha value is -1.62. The summed E-state index contributed by atoms with van der Waals surface area (Å²) in [5, 5.41) is 9.91.